The summed E-state index contributed by atoms with van der Waals surface area (Å²) in [7, 11) is 0. The van der Waals surface area contributed by atoms with Gasteiger partial charge in [0.2, 0.25) is 0 Å². The van der Waals surface area contributed by atoms with Crippen LogP contribution in [-0.2, 0) is 9.47 Å². The molecule has 218 valence electrons. The molecule has 0 bridgehead atoms. The number of morpholine rings is 1. The van der Waals surface area contributed by atoms with Crippen molar-refractivity contribution in [2.75, 3.05) is 52.7 Å². The van der Waals surface area contributed by atoms with Gasteiger partial charge >= 0.3 is 0 Å². The summed E-state index contributed by atoms with van der Waals surface area (Å²) in [5.74, 6) is 6.30. The molecule has 10 nitrogen and oxygen atoms in total. The number of phenols is 1. The Morgan fingerprint density at radius 2 is 1.83 bits per heavy atom. The third-order valence-electron chi connectivity index (χ3n) is 6.55. The van der Waals surface area contributed by atoms with Gasteiger partial charge in [-0.2, -0.15) is 5.10 Å². The fourth-order valence-corrected chi connectivity index (χ4v) is 4.33. The molecule has 1 aromatic heterocycles. The number of hydrazone groups is 1. The molecule has 3 aromatic carbocycles. The van der Waals surface area contributed by atoms with Gasteiger partial charge in [-0.3, -0.25) is 9.89 Å². The Balaban J connectivity index is 1.19. The highest BCUT2D eigenvalue weighted by Crippen LogP contribution is 2.31. The van der Waals surface area contributed by atoms with Crippen molar-refractivity contribution in [3.8, 4) is 23.0 Å². The van der Waals surface area contributed by atoms with Gasteiger partial charge < -0.3 is 29.9 Å². The highest BCUT2D eigenvalue weighted by Gasteiger charge is 2.11. The minimum atomic E-state index is -0.770. The van der Waals surface area contributed by atoms with E-state index in [-0.39, 0.29) is 0 Å². The molecule has 0 radical (unpaired) electrons. The summed E-state index contributed by atoms with van der Waals surface area (Å²) < 4.78 is 36.8. The third-order valence-corrected chi connectivity index (χ3v) is 6.55. The zero-order valence-electron chi connectivity index (χ0n) is 23.0. The highest BCUT2D eigenvalue weighted by atomic mass is 19.1. The number of rotatable bonds is 12. The van der Waals surface area contributed by atoms with Crippen LogP contribution in [0.3, 0.4) is 0 Å². The fourth-order valence-electron chi connectivity index (χ4n) is 4.33. The first kappa shape index (κ1) is 28.9. The molecule has 3 N–H and O–H groups in total. The van der Waals surface area contributed by atoms with Crippen molar-refractivity contribution in [1.29, 1.82) is 0 Å². The van der Waals surface area contributed by atoms with Crippen LogP contribution in [0.5, 0.6) is 23.0 Å². The summed E-state index contributed by atoms with van der Waals surface area (Å²) >= 11 is 0. The van der Waals surface area contributed by atoms with Gasteiger partial charge in [-0.25, -0.2) is 9.37 Å². The second-order valence-electron chi connectivity index (χ2n) is 9.42. The lowest BCUT2D eigenvalue weighted by molar-refractivity contribution is 0.0170. The number of pyridine rings is 1. The van der Waals surface area contributed by atoms with Gasteiger partial charge in [-0.1, -0.05) is 12.1 Å². The number of aliphatic imine (C=N–C) groups is 1. The van der Waals surface area contributed by atoms with Gasteiger partial charge in [0.25, 0.3) is 0 Å². The van der Waals surface area contributed by atoms with E-state index >= 15 is 0 Å². The minimum Gasteiger partial charge on any atom is -0.505 e. The van der Waals surface area contributed by atoms with Crippen LogP contribution in [0.1, 0.15) is 5.69 Å². The SMILES string of the molecule is NN=C(C=Nc1ccc(O)c(F)c1)c1ccc2c(Oc3cccc(OCCOCCN4CCOCC4)c3)cccc2n1. The summed E-state index contributed by atoms with van der Waals surface area (Å²) in [5.41, 5.74) is 1.74. The predicted octanol–water partition coefficient (Wildman–Crippen LogP) is 4.66. The zero-order chi connectivity index (χ0) is 29.1. The van der Waals surface area contributed by atoms with Crippen LogP contribution in [0.2, 0.25) is 0 Å². The predicted molar refractivity (Wildman–Crippen MR) is 159 cm³/mol. The Kier molecular flexibility index (Phi) is 9.89. The van der Waals surface area contributed by atoms with E-state index in [2.05, 4.69) is 20.0 Å². The molecule has 4 aromatic rings. The molecule has 42 heavy (non-hydrogen) atoms. The first-order valence-electron chi connectivity index (χ1n) is 13.6. The number of phenolic OH excluding ortho intramolecular Hbond substituents is 1. The molecule has 1 fully saturated rings. The molecule has 2 heterocycles. The van der Waals surface area contributed by atoms with Gasteiger partial charge in [-0.05, 0) is 48.5 Å². The summed E-state index contributed by atoms with van der Waals surface area (Å²) in [4.78, 5) is 11.2. The topological polar surface area (TPSA) is 124 Å². The van der Waals surface area contributed by atoms with Crippen LogP contribution in [-0.4, -0.2) is 79.6 Å². The van der Waals surface area contributed by atoms with E-state index < -0.39 is 11.6 Å². The summed E-state index contributed by atoms with van der Waals surface area (Å²) in [6.07, 6.45) is 1.39. The molecule has 0 unspecified atom stereocenters. The number of ether oxygens (including phenoxy) is 4. The van der Waals surface area contributed by atoms with Gasteiger partial charge in [0, 0.05) is 37.2 Å². The lowest BCUT2D eigenvalue weighted by Gasteiger charge is -2.26. The number of nitrogens with two attached hydrogens (primary N) is 1. The normalized spacial score (nSPS) is 14.5. The lowest BCUT2D eigenvalue weighted by atomic mass is 10.1. The van der Waals surface area contributed by atoms with Crippen molar-refractivity contribution >= 4 is 28.5 Å². The lowest BCUT2D eigenvalue weighted by Crippen LogP contribution is -2.38. The Labute approximate surface area is 242 Å². The maximum absolute atomic E-state index is 13.6. The molecule has 1 saturated heterocycles. The number of hydrogen-bond acceptors (Lipinski definition) is 10. The molecular formula is C31H32FN5O5. The average molecular weight is 574 g/mol. The first-order chi connectivity index (χ1) is 20.6. The maximum Gasteiger partial charge on any atom is 0.166 e. The van der Waals surface area contributed by atoms with Gasteiger partial charge in [0.1, 0.15) is 29.6 Å². The number of benzene rings is 3. The van der Waals surface area contributed by atoms with Crippen LogP contribution in [0, 0.1) is 5.82 Å². The number of nitrogens with zero attached hydrogens (tertiary/aromatic N) is 4. The molecule has 5 rings (SSSR count). The van der Waals surface area contributed by atoms with E-state index in [0.29, 0.717) is 59.7 Å². The maximum atomic E-state index is 13.6. The molecule has 0 aliphatic carbocycles. The summed E-state index contributed by atoms with van der Waals surface area (Å²) in [6.45, 7) is 5.94. The van der Waals surface area contributed by atoms with Crippen LogP contribution in [0.25, 0.3) is 10.9 Å². The second-order valence-corrected chi connectivity index (χ2v) is 9.42. The van der Waals surface area contributed by atoms with Crippen LogP contribution in [0.4, 0.5) is 10.1 Å². The van der Waals surface area contributed by atoms with E-state index in [1.807, 2.05) is 48.5 Å². The van der Waals surface area contributed by atoms with Crippen LogP contribution < -0.4 is 15.3 Å². The van der Waals surface area contributed by atoms with Gasteiger partial charge in [0.05, 0.1) is 49.5 Å². The Morgan fingerprint density at radius 1 is 1.00 bits per heavy atom. The van der Waals surface area contributed by atoms with Crippen LogP contribution >= 0.6 is 0 Å². The molecule has 0 amide bonds. The highest BCUT2D eigenvalue weighted by molar-refractivity contribution is 6.38. The van der Waals surface area contributed by atoms with E-state index in [0.717, 1.165) is 44.3 Å². The van der Waals surface area contributed by atoms with E-state index in [1.54, 1.807) is 6.07 Å². The standard InChI is InChI=1S/C31H32FN5O5/c32-26-19-22(7-10-30(26)38)34-21-29(36-33)28-9-8-25-27(35-28)5-2-6-31(25)42-24-4-1-3-23(20-24)41-18-17-40-16-13-37-11-14-39-15-12-37/h1-10,19-21,38H,11-18,33H2. The molecule has 0 atom stereocenters. The third kappa shape index (κ3) is 7.78. The largest absolute Gasteiger partial charge is 0.505 e. The van der Waals surface area contributed by atoms with Crippen molar-refractivity contribution in [3.63, 3.8) is 0 Å². The second kappa shape index (κ2) is 14.4. The van der Waals surface area contributed by atoms with E-state index in [1.165, 1.54) is 18.3 Å². The average Bonchev–Trinajstić information content (AvgIpc) is 3.01. The number of halogens is 1. The molecular weight excluding hydrogens is 541 g/mol. The van der Waals surface area contributed by atoms with Crippen molar-refractivity contribution in [2.45, 2.75) is 0 Å². The smallest absolute Gasteiger partial charge is 0.166 e. The number of aromatic nitrogens is 1. The van der Waals surface area contributed by atoms with Gasteiger partial charge in [0.15, 0.2) is 11.6 Å². The van der Waals surface area contributed by atoms with Gasteiger partial charge in [-0.15, -0.1) is 0 Å². The number of fused-ring (bicyclic) bond motifs is 1. The number of aromatic hydroxyl groups is 1. The fraction of sp³-hybridized carbons (Fsp3) is 0.258. The van der Waals surface area contributed by atoms with Crippen molar-refractivity contribution in [1.82, 2.24) is 9.88 Å². The molecule has 11 heteroatoms. The summed E-state index contributed by atoms with van der Waals surface area (Å²) in [6, 6.07) is 20.4. The Morgan fingerprint density at radius 3 is 2.67 bits per heavy atom. The first-order valence-corrected chi connectivity index (χ1v) is 13.6. The molecule has 1 aliphatic rings. The van der Waals surface area contributed by atoms with Crippen molar-refractivity contribution in [3.05, 3.63) is 84.3 Å². The summed E-state index contributed by atoms with van der Waals surface area (Å²) in [5, 5.41) is 13.9. The van der Waals surface area contributed by atoms with E-state index in [4.69, 9.17) is 24.8 Å². The van der Waals surface area contributed by atoms with Crippen LogP contribution in [0.15, 0.2) is 82.9 Å². The number of hydrogen-bond donors (Lipinski definition) is 2. The van der Waals surface area contributed by atoms with Crippen molar-refractivity contribution in [2.24, 2.45) is 15.9 Å². The van der Waals surface area contributed by atoms with E-state index in [9.17, 15) is 9.50 Å². The molecule has 0 spiro atoms. The molecule has 0 saturated carbocycles. The Hall–Kier alpha value is -4.58. The quantitative estimate of drug-likeness (QED) is 0.109. The molecule has 1 aliphatic heterocycles. The monoisotopic (exact) mass is 573 g/mol. The Bertz CT molecular complexity index is 1560. The zero-order valence-corrected chi connectivity index (χ0v) is 23.0. The minimum absolute atomic E-state index is 0.297. The van der Waals surface area contributed by atoms with Crippen molar-refractivity contribution < 1.29 is 28.4 Å².